The van der Waals surface area contributed by atoms with Gasteiger partial charge >= 0.3 is 11.7 Å². The Kier molecular flexibility index (Phi) is 4.06. The van der Waals surface area contributed by atoms with Crippen LogP contribution in [0.4, 0.5) is 5.69 Å². The minimum atomic E-state index is -0.714. The molecule has 88 valence electrons. The first-order valence-corrected chi connectivity index (χ1v) is 4.53. The molecule has 1 rings (SSSR count). The number of benzene rings is 1. The van der Waals surface area contributed by atoms with E-state index in [9.17, 15) is 14.9 Å². The highest BCUT2D eigenvalue weighted by Crippen LogP contribution is 2.27. The summed E-state index contributed by atoms with van der Waals surface area (Å²) in [5.41, 5.74) is -0.254. The largest absolute Gasteiger partial charge is 0.490 e. The lowest BCUT2D eigenvalue weighted by Crippen LogP contribution is -2.06. The van der Waals surface area contributed by atoms with E-state index >= 15 is 0 Å². The number of carbonyl (C=O) groups excluding carboxylic acids is 1. The normalized spacial score (nSPS) is 9.18. The van der Waals surface area contributed by atoms with Crippen LogP contribution in [0.25, 0.3) is 0 Å². The first-order valence-electron chi connectivity index (χ1n) is 4.53. The maximum atomic E-state index is 11.4. The van der Waals surface area contributed by atoms with Crippen molar-refractivity contribution in [3.05, 3.63) is 33.9 Å². The summed E-state index contributed by atoms with van der Waals surface area (Å²) in [5, 5.41) is 10.7. The Balaban J connectivity index is 3.04. The lowest BCUT2D eigenvalue weighted by Gasteiger charge is -2.04. The van der Waals surface area contributed by atoms with E-state index in [0.717, 1.165) is 6.07 Å². The van der Waals surface area contributed by atoms with Gasteiger partial charge in [0.15, 0.2) is 12.4 Å². The molecule has 0 aliphatic heterocycles. The molecule has 6 heteroatoms. The molecular weight excluding hydrogens is 226 g/mol. The average Bonchev–Trinajstić information content (AvgIpc) is 2.34. The molecule has 0 unspecified atom stereocenters. The van der Waals surface area contributed by atoms with Gasteiger partial charge in [0.05, 0.1) is 17.6 Å². The molecule has 0 aliphatic rings. The molecule has 17 heavy (non-hydrogen) atoms. The summed E-state index contributed by atoms with van der Waals surface area (Å²) in [7, 11) is 1.30. The fourth-order valence-corrected chi connectivity index (χ4v) is 1.15. The number of hydrogen-bond acceptors (Lipinski definition) is 5. The zero-order chi connectivity index (χ0) is 12.8. The van der Waals surface area contributed by atoms with Crippen LogP contribution in [0, 0.1) is 22.5 Å². The third kappa shape index (κ3) is 2.95. The summed E-state index contributed by atoms with van der Waals surface area (Å²) < 4.78 is 9.44. The van der Waals surface area contributed by atoms with Crippen molar-refractivity contribution in [2.24, 2.45) is 0 Å². The highest BCUT2D eigenvalue weighted by atomic mass is 16.6. The van der Waals surface area contributed by atoms with Crippen molar-refractivity contribution in [3.63, 3.8) is 0 Å². The third-order valence-electron chi connectivity index (χ3n) is 1.90. The van der Waals surface area contributed by atoms with Crippen LogP contribution < -0.4 is 4.74 Å². The van der Waals surface area contributed by atoms with E-state index in [4.69, 9.17) is 11.2 Å². The molecule has 0 N–H and O–H groups in total. The first kappa shape index (κ1) is 12.5. The van der Waals surface area contributed by atoms with Gasteiger partial charge in [-0.2, -0.15) is 0 Å². The predicted molar refractivity (Wildman–Crippen MR) is 58.8 cm³/mol. The van der Waals surface area contributed by atoms with Crippen molar-refractivity contribution in [1.82, 2.24) is 0 Å². The van der Waals surface area contributed by atoms with Gasteiger partial charge in [0.2, 0.25) is 0 Å². The number of ether oxygens (including phenoxy) is 2. The number of esters is 1. The van der Waals surface area contributed by atoms with Gasteiger partial charge in [-0.15, -0.1) is 6.42 Å². The molecule has 1 aromatic carbocycles. The van der Waals surface area contributed by atoms with Crippen molar-refractivity contribution in [3.8, 4) is 18.1 Å². The molecule has 1 aromatic rings. The second-order valence-corrected chi connectivity index (χ2v) is 2.92. The standard InChI is InChI=1S/C11H9NO5/c1-3-6-17-11(13)8-4-5-10(16-2)9(7-8)12(14)15/h1,4-5,7H,6H2,2H3. The van der Waals surface area contributed by atoms with E-state index in [1.807, 2.05) is 0 Å². The Morgan fingerprint density at radius 2 is 2.29 bits per heavy atom. The van der Waals surface area contributed by atoms with Crippen LogP contribution in [0.3, 0.4) is 0 Å². The minimum Gasteiger partial charge on any atom is -0.490 e. The van der Waals surface area contributed by atoms with E-state index in [1.54, 1.807) is 0 Å². The van der Waals surface area contributed by atoms with Crippen molar-refractivity contribution in [2.75, 3.05) is 13.7 Å². The molecule has 0 bridgehead atoms. The molecule has 0 atom stereocenters. The number of hydrogen-bond donors (Lipinski definition) is 0. The van der Waals surface area contributed by atoms with Gasteiger partial charge in [-0.3, -0.25) is 10.1 Å². The Morgan fingerprint density at radius 3 is 2.82 bits per heavy atom. The zero-order valence-electron chi connectivity index (χ0n) is 9.00. The molecule has 6 nitrogen and oxygen atoms in total. The molecule has 0 aliphatic carbocycles. The van der Waals surface area contributed by atoms with E-state index < -0.39 is 10.9 Å². The number of carbonyl (C=O) groups is 1. The molecule has 0 fully saturated rings. The fourth-order valence-electron chi connectivity index (χ4n) is 1.15. The minimum absolute atomic E-state index is 0.0488. The quantitative estimate of drug-likeness (QED) is 0.341. The van der Waals surface area contributed by atoms with Crippen LogP contribution >= 0.6 is 0 Å². The molecule has 0 radical (unpaired) electrons. The van der Waals surface area contributed by atoms with Gasteiger partial charge in [0.1, 0.15) is 0 Å². The molecule has 0 saturated heterocycles. The second kappa shape index (κ2) is 5.51. The second-order valence-electron chi connectivity index (χ2n) is 2.92. The molecule has 0 aromatic heterocycles. The van der Waals surface area contributed by atoms with Gasteiger partial charge in [0, 0.05) is 6.07 Å². The maximum Gasteiger partial charge on any atom is 0.339 e. The molecule has 0 amide bonds. The first-order chi connectivity index (χ1) is 8.10. The lowest BCUT2D eigenvalue weighted by atomic mass is 10.2. The Morgan fingerprint density at radius 1 is 1.59 bits per heavy atom. The number of methoxy groups -OCH3 is 1. The van der Waals surface area contributed by atoms with Crippen molar-refractivity contribution in [1.29, 1.82) is 0 Å². The number of nitrogens with zero attached hydrogens (tertiary/aromatic N) is 1. The van der Waals surface area contributed by atoms with Crippen LogP contribution in [0.15, 0.2) is 18.2 Å². The van der Waals surface area contributed by atoms with Crippen LogP contribution in [0.5, 0.6) is 5.75 Å². The van der Waals surface area contributed by atoms with Gasteiger partial charge in [-0.05, 0) is 12.1 Å². The summed E-state index contributed by atoms with van der Waals surface area (Å²) in [6, 6.07) is 3.77. The highest BCUT2D eigenvalue weighted by Gasteiger charge is 2.18. The number of nitro benzene ring substituents is 1. The van der Waals surface area contributed by atoms with Crippen LogP contribution in [0.1, 0.15) is 10.4 Å². The number of rotatable bonds is 4. The van der Waals surface area contributed by atoms with Crippen LogP contribution in [-0.4, -0.2) is 24.6 Å². The monoisotopic (exact) mass is 235 g/mol. The number of nitro groups is 1. The zero-order valence-corrected chi connectivity index (χ0v) is 9.00. The van der Waals surface area contributed by atoms with Gasteiger partial charge < -0.3 is 9.47 Å². The summed E-state index contributed by atoms with van der Waals surface area (Å²) in [6.45, 7) is -0.182. The summed E-state index contributed by atoms with van der Waals surface area (Å²) >= 11 is 0. The van der Waals surface area contributed by atoms with Crippen LogP contribution in [-0.2, 0) is 4.74 Å². The molecule has 0 heterocycles. The average molecular weight is 235 g/mol. The summed E-state index contributed by atoms with van der Waals surface area (Å²) in [4.78, 5) is 21.5. The maximum absolute atomic E-state index is 11.4. The Bertz CT molecular complexity index is 489. The molecular formula is C11H9NO5. The van der Waals surface area contributed by atoms with Crippen LogP contribution in [0.2, 0.25) is 0 Å². The van der Waals surface area contributed by atoms with E-state index in [-0.39, 0.29) is 23.6 Å². The predicted octanol–water partition coefficient (Wildman–Crippen LogP) is 1.39. The smallest absolute Gasteiger partial charge is 0.339 e. The third-order valence-corrected chi connectivity index (χ3v) is 1.90. The van der Waals surface area contributed by atoms with E-state index in [0.29, 0.717) is 0 Å². The van der Waals surface area contributed by atoms with Gasteiger partial charge in [-0.1, -0.05) is 5.92 Å². The number of terminal acetylenes is 1. The van der Waals surface area contributed by atoms with E-state index in [2.05, 4.69) is 10.7 Å². The van der Waals surface area contributed by atoms with Gasteiger partial charge in [-0.25, -0.2) is 4.79 Å². The SMILES string of the molecule is C#CCOC(=O)c1ccc(OC)c([N+](=O)[O-])c1. The summed E-state index contributed by atoms with van der Waals surface area (Å²) in [5.74, 6) is 1.49. The van der Waals surface area contributed by atoms with Gasteiger partial charge in [0.25, 0.3) is 0 Å². The van der Waals surface area contributed by atoms with E-state index in [1.165, 1.54) is 19.2 Å². The van der Waals surface area contributed by atoms with Crippen molar-refractivity contribution < 1.29 is 19.2 Å². The Labute approximate surface area is 97.3 Å². The molecule has 0 spiro atoms. The highest BCUT2D eigenvalue weighted by molar-refractivity contribution is 5.90. The van der Waals surface area contributed by atoms with Crippen molar-refractivity contribution in [2.45, 2.75) is 0 Å². The molecule has 0 saturated carbocycles. The van der Waals surface area contributed by atoms with Crippen molar-refractivity contribution >= 4 is 11.7 Å². The fraction of sp³-hybridized carbons (Fsp3) is 0.182. The lowest BCUT2D eigenvalue weighted by molar-refractivity contribution is -0.385. The Hall–Kier alpha value is -2.55. The summed E-state index contributed by atoms with van der Waals surface area (Å²) in [6.07, 6.45) is 4.92. The topological polar surface area (TPSA) is 78.7 Å².